The van der Waals surface area contributed by atoms with Gasteiger partial charge in [-0.3, -0.25) is 0 Å². The molecule has 2 N–H and O–H groups in total. The van der Waals surface area contributed by atoms with E-state index in [1.54, 1.807) is 25.3 Å². The van der Waals surface area contributed by atoms with Crippen LogP contribution in [0, 0.1) is 11.6 Å². The van der Waals surface area contributed by atoms with Gasteiger partial charge in [-0.2, -0.15) is 0 Å². The van der Waals surface area contributed by atoms with Gasteiger partial charge in [-0.15, -0.1) is 5.10 Å². The minimum Gasteiger partial charge on any atom is -0.550 e. The number of hydrogen-bond acceptors (Lipinski definition) is 7. The lowest BCUT2D eigenvalue weighted by atomic mass is 9.96. The number of carbonyl (C=O) groups is 1. The molecule has 1 aliphatic carbocycles. The molecular weight excluding hydrogens is 434 g/mol. The average Bonchev–Trinajstić information content (AvgIpc) is 3.29. The van der Waals surface area contributed by atoms with Crippen LogP contribution in [0.4, 0.5) is 8.78 Å². The smallest absolute Gasteiger partial charge is 0.182 e. The highest BCUT2D eigenvalue weighted by atomic mass is 19.1. The van der Waals surface area contributed by atoms with Gasteiger partial charge in [-0.05, 0) is 56.9 Å². The molecule has 0 amide bonds. The van der Waals surface area contributed by atoms with Crippen LogP contribution in [-0.2, 0) is 11.8 Å². The lowest BCUT2D eigenvalue weighted by molar-refractivity contribution is -0.307. The maximum Gasteiger partial charge on any atom is 0.182 e. The molecule has 2 aromatic carbocycles. The summed E-state index contributed by atoms with van der Waals surface area (Å²) in [7, 11) is 1.62. The summed E-state index contributed by atoms with van der Waals surface area (Å²) >= 11 is 0. The molecule has 1 aliphatic rings. The second-order valence-electron chi connectivity index (χ2n) is 7.69. The van der Waals surface area contributed by atoms with E-state index in [1.807, 2.05) is 0 Å². The van der Waals surface area contributed by atoms with Crippen molar-refractivity contribution in [3.05, 3.63) is 77.1 Å². The summed E-state index contributed by atoms with van der Waals surface area (Å²) in [5.74, 6) is -2.04. The highest BCUT2D eigenvalue weighted by Gasteiger charge is 2.28. The molecule has 8 nitrogen and oxygen atoms in total. The van der Waals surface area contributed by atoms with Crippen LogP contribution >= 0.6 is 0 Å². The second-order valence-corrected chi connectivity index (χ2v) is 7.69. The fraction of sp³-hybridized carbons (Fsp3) is 0.217. The van der Waals surface area contributed by atoms with E-state index in [0.29, 0.717) is 39.2 Å². The molecule has 4 rings (SSSR count). The Morgan fingerprint density at radius 1 is 1.09 bits per heavy atom. The van der Waals surface area contributed by atoms with Gasteiger partial charge in [0.25, 0.3) is 0 Å². The molecule has 3 aromatic rings. The first kappa shape index (κ1) is 22.4. The van der Waals surface area contributed by atoms with Gasteiger partial charge in [0, 0.05) is 37.0 Å². The summed E-state index contributed by atoms with van der Waals surface area (Å²) in [6.45, 7) is 0. The topological polar surface area (TPSA) is 124 Å². The number of halogens is 2. The summed E-state index contributed by atoms with van der Waals surface area (Å²) in [6.07, 6.45) is -0.389. The number of allylic oxidation sites excluding steroid dienone is 2. The Kier molecular flexibility index (Phi) is 6.12. The molecule has 170 valence electrons. The molecule has 1 heterocycles. The van der Waals surface area contributed by atoms with Crippen molar-refractivity contribution >= 4 is 17.1 Å². The van der Waals surface area contributed by atoms with E-state index in [0.717, 1.165) is 0 Å². The minimum atomic E-state index is -1.43. The normalized spacial score (nSPS) is 14.3. The first-order chi connectivity index (χ1) is 15.7. The summed E-state index contributed by atoms with van der Waals surface area (Å²) in [6, 6.07) is 8.39. The minimum absolute atomic E-state index is 0.228. The molecule has 0 spiro atoms. The lowest BCUT2D eigenvalue weighted by Crippen LogP contribution is -2.29. The molecule has 0 radical (unpaired) electrons. The number of aliphatic hydroxyl groups excluding tert-OH is 2. The number of aliphatic hydroxyl groups is 2. The van der Waals surface area contributed by atoms with E-state index in [9.17, 15) is 28.9 Å². The largest absolute Gasteiger partial charge is 0.550 e. The molecule has 0 fully saturated rings. The molecular formula is C23H19F2N4O4-. The van der Waals surface area contributed by atoms with Crippen molar-refractivity contribution in [2.75, 3.05) is 0 Å². The monoisotopic (exact) mass is 453 g/mol. The first-order valence-electron chi connectivity index (χ1n) is 10.1. The van der Waals surface area contributed by atoms with Gasteiger partial charge in [0.2, 0.25) is 0 Å². The predicted molar refractivity (Wildman–Crippen MR) is 112 cm³/mol. The Morgan fingerprint density at radius 2 is 1.70 bits per heavy atom. The third-order valence-corrected chi connectivity index (χ3v) is 5.32. The van der Waals surface area contributed by atoms with Crippen LogP contribution in [0.3, 0.4) is 0 Å². The van der Waals surface area contributed by atoms with E-state index in [-0.39, 0.29) is 6.42 Å². The number of fused-ring (bicyclic) bond motifs is 3. The Morgan fingerprint density at radius 3 is 2.21 bits per heavy atom. The number of aromatic nitrogens is 4. The van der Waals surface area contributed by atoms with Gasteiger partial charge in [0.15, 0.2) is 5.82 Å². The molecule has 0 saturated heterocycles. The Labute approximate surface area is 187 Å². The molecule has 2 unspecified atom stereocenters. The number of aryl methyl sites for hydroxylation is 1. The van der Waals surface area contributed by atoms with Crippen molar-refractivity contribution < 1.29 is 28.9 Å². The first-order valence-corrected chi connectivity index (χ1v) is 10.1. The van der Waals surface area contributed by atoms with Crippen LogP contribution in [0.15, 0.2) is 48.6 Å². The zero-order valence-corrected chi connectivity index (χ0v) is 17.4. The predicted octanol–water partition coefficient (Wildman–Crippen LogP) is 1.24. The van der Waals surface area contributed by atoms with E-state index < -0.39 is 36.2 Å². The zero-order valence-electron chi connectivity index (χ0n) is 17.4. The van der Waals surface area contributed by atoms with Crippen LogP contribution in [0.1, 0.15) is 29.8 Å². The Hall–Kier alpha value is -3.76. The number of rotatable bonds is 7. The second kappa shape index (κ2) is 9.00. The Balaban J connectivity index is 1.86. The lowest BCUT2D eigenvalue weighted by Gasteiger charge is -2.14. The van der Waals surface area contributed by atoms with Crippen LogP contribution in [0.25, 0.3) is 22.3 Å². The third-order valence-electron chi connectivity index (χ3n) is 5.32. The zero-order chi connectivity index (χ0) is 23.7. The summed E-state index contributed by atoms with van der Waals surface area (Å²) in [5.41, 5.74) is 3.35. The molecule has 10 heteroatoms. The SMILES string of the molecule is Cn1nnnc1C(/C=C/C(O)CC(O)CC(=O)[O-])=C1c2ccc(F)cc2-c2cc(F)ccc21. The summed E-state index contributed by atoms with van der Waals surface area (Å²) < 4.78 is 29.5. The van der Waals surface area contributed by atoms with E-state index in [4.69, 9.17) is 0 Å². The maximum atomic E-state index is 14.0. The van der Waals surface area contributed by atoms with Crippen LogP contribution in [-0.4, -0.2) is 48.6 Å². The van der Waals surface area contributed by atoms with E-state index in [2.05, 4.69) is 15.5 Å². The number of aliphatic carboxylic acids is 1. The van der Waals surface area contributed by atoms with Crippen molar-refractivity contribution in [2.24, 2.45) is 7.05 Å². The number of carboxylic acids is 1. The van der Waals surface area contributed by atoms with Gasteiger partial charge < -0.3 is 20.1 Å². The standard InChI is InChI=1S/C23H20F2N4O4/c1-29-23(26-27-28-29)18(7-4-14(30)10-15(31)11-21(32)33)22-16-5-2-12(24)8-19(16)20-9-13(25)3-6-17(20)22/h2-9,14-15,30-31H,10-11H2,1H3,(H,32,33)/p-1/b7-4+. The highest BCUT2D eigenvalue weighted by molar-refractivity contribution is 6.11. The highest BCUT2D eigenvalue weighted by Crippen LogP contribution is 2.47. The molecule has 1 aromatic heterocycles. The Bertz CT molecular complexity index is 1230. The van der Waals surface area contributed by atoms with Gasteiger partial charge in [0.1, 0.15) is 11.6 Å². The number of benzene rings is 2. The summed E-state index contributed by atoms with van der Waals surface area (Å²) in [5, 5.41) is 42.3. The van der Waals surface area contributed by atoms with Crippen LogP contribution in [0.5, 0.6) is 0 Å². The third kappa shape index (κ3) is 4.57. The van der Waals surface area contributed by atoms with Crippen molar-refractivity contribution in [3.8, 4) is 11.1 Å². The van der Waals surface area contributed by atoms with Gasteiger partial charge >= 0.3 is 0 Å². The number of carbonyl (C=O) groups excluding carboxylic acids is 1. The number of hydrogen-bond donors (Lipinski definition) is 2. The van der Waals surface area contributed by atoms with Crippen molar-refractivity contribution in [1.29, 1.82) is 0 Å². The van der Waals surface area contributed by atoms with Gasteiger partial charge in [-0.25, -0.2) is 13.5 Å². The number of nitrogens with zero attached hydrogens (tertiary/aromatic N) is 4. The number of carboxylic acid groups (broad SMARTS) is 1. The fourth-order valence-corrected chi connectivity index (χ4v) is 3.92. The van der Waals surface area contributed by atoms with Crippen molar-refractivity contribution in [2.45, 2.75) is 25.0 Å². The van der Waals surface area contributed by atoms with Crippen molar-refractivity contribution in [3.63, 3.8) is 0 Å². The molecule has 0 saturated carbocycles. The van der Waals surface area contributed by atoms with Crippen molar-refractivity contribution in [1.82, 2.24) is 20.2 Å². The van der Waals surface area contributed by atoms with E-state index in [1.165, 1.54) is 35.0 Å². The van der Waals surface area contributed by atoms with Crippen LogP contribution in [0.2, 0.25) is 0 Å². The molecule has 2 atom stereocenters. The number of tetrazole rings is 1. The summed E-state index contributed by atoms with van der Waals surface area (Å²) in [4.78, 5) is 10.6. The molecule has 33 heavy (non-hydrogen) atoms. The van der Waals surface area contributed by atoms with E-state index >= 15 is 0 Å². The molecule has 0 aliphatic heterocycles. The maximum absolute atomic E-state index is 14.0. The molecule has 0 bridgehead atoms. The average molecular weight is 453 g/mol. The van der Waals surface area contributed by atoms with Crippen LogP contribution < -0.4 is 5.11 Å². The van der Waals surface area contributed by atoms with Gasteiger partial charge in [-0.1, -0.05) is 24.3 Å². The quantitative estimate of drug-likeness (QED) is 0.431. The van der Waals surface area contributed by atoms with Gasteiger partial charge in [0.05, 0.1) is 12.2 Å². The fourth-order valence-electron chi connectivity index (χ4n) is 3.92.